The molecule has 0 bridgehead atoms. The van der Waals surface area contributed by atoms with Gasteiger partial charge in [-0.1, -0.05) is 0 Å². The van der Waals surface area contributed by atoms with Gasteiger partial charge in [0.2, 0.25) is 5.88 Å². The fraction of sp³-hybridized carbons (Fsp3) is 0.308. The summed E-state index contributed by atoms with van der Waals surface area (Å²) in [6, 6.07) is 2.70. The summed E-state index contributed by atoms with van der Waals surface area (Å²) in [4.78, 5) is 16.2. The standard InChI is InChI=1S/C13H17N5O4/c1-4-21-13-11(14)12(15-9(16-13)7-17(2)3)8-5-6-10(22-8)18(19)20/h5-7,16H,4,14H2,1-3H3. The molecule has 22 heavy (non-hydrogen) atoms. The van der Waals surface area contributed by atoms with Crippen molar-refractivity contribution >= 4 is 11.6 Å². The smallest absolute Gasteiger partial charge is 0.433 e. The van der Waals surface area contributed by atoms with Crippen LogP contribution < -0.4 is 11.1 Å². The Bertz CT molecular complexity index is 672. The first-order valence-corrected chi connectivity index (χ1v) is 6.53. The van der Waals surface area contributed by atoms with Crippen molar-refractivity contribution in [2.24, 2.45) is 10.7 Å². The first-order chi connectivity index (χ1) is 10.4. The van der Waals surface area contributed by atoms with E-state index >= 15 is 0 Å². The normalized spacial score (nSPS) is 16.3. The Labute approximate surface area is 126 Å². The fourth-order valence-corrected chi connectivity index (χ4v) is 1.80. The molecule has 0 spiro atoms. The molecule has 2 rings (SSSR count). The predicted octanol–water partition coefficient (Wildman–Crippen LogP) is 1.10. The molecular formula is C13H17N5O4. The van der Waals surface area contributed by atoms with E-state index in [1.807, 2.05) is 21.0 Å². The zero-order chi connectivity index (χ0) is 16.3. The molecule has 1 aromatic rings. The van der Waals surface area contributed by atoms with Gasteiger partial charge in [0, 0.05) is 20.3 Å². The molecule has 9 nitrogen and oxygen atoms in total. The van der Waals surface area contributed by atoms with E-state index < -0.39 is 4.92 Å². The highest BCUT2D eigenvalue weighted by Gasteiger charge is 2.24. The van der Waals surface area contributed by atoms with Gasteiger partial charge in [0.25, 0.3) is 0 Å². The molecule has 0 aliphatic carbocycles. The average molecular weight is 307 g/mol. The Kier molecular flexibility index (Phi) is 4.35. The van der Waals surface area contributed by atoms with Crippen LogP contribution in [0.3, 0.4) is 0 Å². The van der Waals surface area contributed by atoms with Crippen LogP contribution in [-0.4, -0.2) is 36.2 Å². The van der Waals surface area contributed by atoms with E-state index in [1.165, 1.54) is 12.1 Å². The summed E-state index contributed by atoms with van der Waals surface area (Å²) < 4.78 is 10.6. The maximum atomic E-state index is 10.7. The van der Waals surface area contributed by atoms with Gasteiger partial charge in [-0.3, -0.25) is 10.1 Å². The summed E-state index contributed by atoms with van der Waals surface area (Å²) in [6.07, 6.45) is 1.73. The van der Waals surface area contributed by atoms with Crippen molar-refractivity contribution in [3.63, 3.8) is 0 Å². The number of nitrogens with two attached hydrogens (primary N) is 1. The highest BCUT2D eigenvalue weighted by Crippen LogP contribution is 2.22. The van der Waals surface area contributed by atoms with Gasteiger partial charge >= 0.3 is 5.88 Å². The minimum Gasteiger partial charge on any atom is -0.478 e. The van der Waals surface area contributed by atoms with Crippen molar-refractivity contribution in [1.29, 1.82) is 0 Å². The number of nitrogens with zero attached hydrogens (tertiary/aromatic N) is 3. The molecular weight excluding hydrogens is 290 g/mol. The van der Waals surface area contributed by atoms with Crippen LogP contribution in [0.5, 0.6) is 0 Å². The van der Waals surface area contributed by atoms with E-state index in [4.69, 9.17) is 14.9 Å². The molecule has 0 radical (unpaired) electrons. The van der Waals surface area contributed by atoms with Crippen LogP contribution in [0, 0.1) is 10.1 Å². The number of nitrogens with one attached hydrogen (secondary N) is 1. The van der Waals surface area contributed by atoms with Crippen molar-refractivity contribution in [2.45, 2.75) is 6.92 Å². The lowest BCUT2D eigenvalue weighted by atomic mass is 10.2. The number of hydrogen-bond acceptors (Lipinski definition) is 8. The molecule has 0 amide bonds. The highest BCUT2D eigenvalue weighted by molar-refractivity contribution is 6.11. The van der Waals surface area contributed by atoms with Crippen LogP contribution >= 0.6 is 0 Å². The first kappa shape index (κ1) is 15.4. The Morgan fingerprint density at radius 3 is 2.82 bits per heavy atom. The van der Waals surface area contributed by atoms with Gasteiger partial charge in [0.15, 0.2) is 5.76 Å². The van der Waals surface area contributed by atoms with Crippen molar-refractivity contribution in [3.05, 3.63) is 51.6 Å². The van der Waals surface area contributed by atoms with Gasteiger partial charge < -0.3 is 25.1 Å². The van der Waals surface area contributed by atoms with Gasteiger partial charge in [0.05, 0.1) is 12.7 Å². The van der Waals surface area contributed by atoms with Gasteiger partial charge in [-0.05, 0) is 13.0 Å². The molecule has 3 N–H and O–H groups in total. The molecule has 0 aromatic carbocycles. The molecule has 0 unspecified atom stereocenters. The number of hydrogen-bond donors (Lipinski definition) is 2. The van der Waals surface area contributed by atoms with Crippen LogP contribution in [0.25, 0.3) is 0 Å². The lowest BCUT2D eigenvalue weighted by molar-refractivity contribution is -0.402. The van der Waals surface area contributed by atoms with Crippen LogP contribution in [0.4, 0.5) is 5.88 Å². The molecule has 1 aliphatic heterocycles. The van der Waals surface area contributed by atoms with Crippen LogP contribution in [0.2, 0.25) is 0 Å². The molecule has 9 heteroatoms. The minimum absolute atomic E-state index is 0.201. The third kappa shape index (κ3) is 3.19. The third-order valence-electron chi connectivity index (χ3n) is 2.65. The monoisotopic (exact) mass is 307 g/mol. The molecule has 2 heterocycles. The Morgan fingerprint density at radius 2 is 2.27 bits per heavy atom. The second-order valence-corrected chi connectivity index (χ2v) is 4.63. The lowest BCUT2D eigenvalue weighted by Crippen LogP contribution is -2.30. The topological polar surface area (TPSA) is 119 Å². The van der Waals surface area contributed by atoms with Crippen molar-refractivity contribution in [1.82, 2.24) is 10.2 Å². The number of furan rings is 1. The highest BCUT2D eigenvalue weighted by atomic mass is 16.6. The third-order valence-corrected chi connectivity index (χ3v) is 2.65. The SMILES string of the molecule is CCOC1=C(N)C(c2ccc([N+](=O)[O-])o2)=NC(=CN(C)C)N1. The van der Waals surface area contributed by atoms with Gasteiger partial charge in [-0.2, -0.15) is 0 Å². The van der Waals surface area contributed by atoms with Crippen LogP contribution in [-0.2, 0) is 4.74 Å². The summed E-state index contributed by atoms with van der Waals surface area (Å²) in [6.45, 7) is 2.23. The second kappa shape index (κ2) is 6.20. The Hall–Kier alpha value is -2.97. The van der Waals surface area contributed by atoms with Crippen molar-refractivity contribution in [3.8, 4) is 0 Å². The van der Waals surface area contributed by atoms with Crippen LogP contribution in [0.15, 0.2) is 45.1 Å². The molecule has 0 atom stereocenters. The number of allylic oxidation sites excluding steroid dienone is 1. The number of aliphatic imine (C=N–C) groups is 1. The van der Waals surface area contributed by atoms with E-state index in [2.05, 4.69) is 10.3 Å². The van der Waals surface area contributed by atoms with E-state index in [1.54, 1.807) is 11.1 Å². The van der Waals surface area contributed by atoms with E-state index in [0.717, 1.165) is 0 Å². The van der Waals surface area contributed by atoms with Gasteiger partial charge in [0.1, 0.15) is 22.2 Å². The molecule has 0 fully saturated rings. The summed E-state index contributed by atoms with van der Waals surface area (Å²) in [5, 5.41) is 13.7. The number of ether oxygens (including phenoxy) is 1. The van der Waals surface area contributed by atoms with Gasteiger partial charge in [-0.25, -0.2) is 4.99 Å². The zero-order valence-electron chi connectivity index (χ0n) is 12.5. The van der Waals surface area contributed by atoms with Crippen LogP contribution in [0.1, 0.15) is 12.7 Å². The maximum absolute atomic E-state index is 10.7. The molecule has 118 valence electrons. The molecule has 1 aromatic heterocycles. The fourth-order valence-electron chi connectivity index (χ4n) is 1.80. The first-order valence-electron chi connectivity index (χ1n) is 6.53. The zero-order valence-corrected chi connectivity index (χ0v) is 12.5. The summed E-state index contributed by atoms with van der Waals surface area (Å²) in [5.74, 6) is 0.643. The minimum atomic E-state index is -0.620. The largest absolute Gasteiger partial charge is 0.478 e. The summed E-state index contributed by atoms with van der Waals surface area (Å²) >= 11 is 0. The van der Waals surface area contributed by atoms with E-state index in [0.29, 0.717) is 18.3 Å². The predicted molar refractivity (Wildman–Crippen MR) is 79.6 cm³/mol. The quantitative estimate of drug-likeness (QED) is 0.617. The second-order valence-electron chi connectivity index (χ2n) is 4.63. The molecule has 0 saturated heterocycles. The Morgan fingerprint density at radius 1 is 1.55 bits per heavy atom. The van der Waals surface area contributed by atoms with E-state index in [9.17, 15) is 10.1 Å². The summed E-state index contributed by atoms with van der Waals surface area (Å²) in [7, 11) is 3.67. The van der Waals surface area contributed by atoms with Gasteiger partial charge in [-0.15, -0.1) is 0 Å². The maximum Gasteiger partial charge on any atom is 0.433 e. The average Bonchev–Trinajstić information content (AvgIpc) is 2.91. The lowest BCUT2D eigenvalue weighted by Gasteiger charge is -2.21. The summed E-state index contributed by atoms with van der Waals surface area (Å²) in [5.41, 5.74) is 6.52. The number of nitro groups is 1. The van der Waals surface area contributed by atoms with E-state index in [-0.39, 0.29) is 23.1 Å². The molecule has 0 saturated carbocycles. The van der Waals surface area contributed by atoms with Crippen molar-refractivity contribution < 1.29 is 14.1 Å². The van der Waals surface area contributed by atoms with Crippen molar-refractivity contribution in [2.75, 3.05) is 20.7 Å². The number of rotatable bonds is 5. The Balaban J connectivity index is 2.46. The molecule has 1 aliphatic rings.